The summed E-state index contributed by atoms with van der Waals surface area (Å²) in [6, 6.07) is 14.3. The van der Waals surface area contributed by atoms with Crippen molar-refractivity contribution in [2.75, 3.05) is 13.6 Å². The molecule has 0 amide bonds. The van der Waals surface area contributed by atoms with E-state index >= 15 is 0 Å². The van der Waals surface area contributed by atoms with E-state index in [-0.39, 0.29) is 5.82 Å². The lowest BCUT2D eigenvalue weighted by Crippen LogP contribution is -2.32. The molecule has 1 atom stereocenters. The summed E-state index contributed by atoms with van der Waals surface area (Å²) in [6.07, 6.45) is 7.00. The molecule has 0 bridgehead atoms. The van der Waals surface area contributed by atoms with Crippen molar-refractivity contribution in [3.8, 4) is 0 Å². The van der Waals surface area contributed by atoms with E-state index in [2.05, 4.69) is 9.98 Å². The third kappa shape index (κ3) is 3.60. The molecule has 1 unspecified atom stereocenters. The first-order valence-corrected chi connectivity index (χ1v) is 10.3. The lowest BCUT2D eigenvalue weighted by atomic mass is 10.1. The molecular formula is C24H22FN7. The second-order valence-corrected chi connectivity index (χ2v) is 7.61. The van der Waals surface area contributed by atoms with Crippen LogP contribution in [0.1, 0.15) is 28.8 Å². The van der Waals surface area contributed by atoms with Crippen LogP contribution in [0, 0.1) is 5.82 Å². The second-order valence-electron chi connectivity index (χ2n) is 7.61. The predicted octanol–water partition coefficient (Wildman–Crippen LogP) is 3.17. The van der Waals surface area contributed by atoms with Gasteiger partial charge in [-0.15, -0.1) is 0 Å². The van der Waals surface area contributed by atoms with Crippen molar-refractivity contribution in [1.82, 2.24) is 19.7 Å². The van der Waals surface area contributed by atoms with Crippen LogP contribution < -0.4 is 5.73 Å². The second kappa shape index (κ2) is 8.22. The van der Waals surface area contributed by atoms with Gasteiger partial charge in [-0.1, -0.05) is 30.3 Å². The number of aromatic nitrogens is 3. The zero-order chi connectivity index (χ0) is 22.1. The zero-order valence-electron chi connectivity index (χ0n) is 17.6. The third-order valence-electron chi connectivity index (χ3n) is 5.56. The topological polar surface area (TPSA) is 84.7 Å². The smallest absolute Gasteiger partial charge is 0.166 e. The first kappa shape index (κ1) is 19.9. The number of pyridine rings is 1. The molecule has 2 aromatic heterocycles. The number of hydrogen-bond donors (Lipinski definition) is 1. The maximum atomic E-state index is 14.3. The molecule has 2 aliphatic heterocycles. The highest BCUT2D eigenvalue weighted by atomic mass is 19.1. The third-order valence-corrected chi connectivity index (χ3v) is 5.56. The molecule has 0 aliphatic carbocycles. The molecule has 4 heterocycles. The molecule has 2 N–H and O–H groups in total. The van der Waals surface area contributed by atoms with E-state index in [1.54, 1.807) is 29.2 Å². The number of benzene rings is 1. The van der Waals surface area contributed by atoms with Crippen molar-refractivity contribution in [2.45, 2.75) is 12.7 Å². The van der Waals surface area contributed by atoms with Crippen LogP contribution >= 0.6 is 0 Å². The van der Waals surface area contributed by atoms with E-state index < -0.39 is 6.17 Å². The quantitative estimate of drug-likeness (QED) is 0.678. The van der Waals surface area contributed by atoms with Gasteiger partial charge in [0.15, 0.2) is 6.17 Å². The van der Waals surface area contributed by atoms with Crippen molar-refractivity contribution >= 4 is 17.5 Å². The van der Waals surface area contributed by atoms with E-state index in [4.69, 9.17) is 15.8 Å². The first-order chi connectivity index (χ1) is 15.6. The Balaban J connectivity index is 1.51. The van der Waals surface area contributed by atoms with Crippen LogP contribution in [0.15, 0.2) is 82.7 Å². The van der Waals surface area contributed by atoms with Crippen molar-refractivity contribution in [3.05, 3.63) is 101 Å². The van der Waals surface area contributed by atoms with Crippen molar-refractivity contribution in [3.63, 3.8) is 0 Å². The van der Waals surface area contributed by atoms with Crippen molar-refractivity contribution in [2.24, 2.45) is 15.7 Å². The molecule has 0 radical (unpaired) electrons. The minimum absolute atomic E-state index is 0.264. The maximum Gasteiger partial charge on any atom is 0.166 e. The minimum Gasteiger partial charge on any atom is -0.385 e. The molecule has 0 fully saturated rings. The number of aliphatic imine (C=N–C) groups is 2. The van der Waals surface area contributed by atoms with Gasteiger partial charge in [0.1, 0.15) is 17.3 Å². The molecule has 0 saturated heterocycles. The van der Waals surface area contributed by atoms with Gasteiger partial charge in [-0.3, -0.25) is 19.7 Å². The molecule has 8 heteroatoms. The van der Waals surface area contributed by atoms with E-state index in [1.807, 2.05) is 54.4 Å². The summed E-state index contributed by atoms with van der Waals surface area (Å²) in [5.74, 6) is 0.298. The van der Waals surface area contributed by atoms with Gasteiger partial charge in [0.25, 0.3) is 0 Å². The van der Waals surface area contributed by atoms with E-state index in [0.717, 1.165) is 22.7 Å². The Morgan fingerprint density at radius 3 is 2.75 bits per heavy atom. The maximum absolute atomic E-state index is 14.3. The summed E-state index contributed by atoms with van der Waals surface area (Å²) < 4.78 is 16.1. The number of halogens is 1. The number of rotatable bonds is 5. The highest BCUT2D eigenvalue weighted by molar-refractivity contribution is 6.10. The van der Waals surface area contributed by atoms with Gasteiger partial charge >= 0.3 is 0 Å². The lowest BCUT2D eigenvalue weighted by molar-refractivity contribution is 0.306. The van der Waals surface area contributed by atoms with Crippen molar-refractivity contribution in [1.29, 1.82) is 0 Å². The number of allylic oxidation sites excluding steroid dienone is 2. The summed E-state index contributed by atoms with van der Waals surface area (Å²) in [7, 11) is 1.88. The summed E-state index contributed by atoms with van der Waals surface area (Å²) in [5, 5.41) is 4.78. The van der Waals surface area contributed by atoms with Crippen LogP contribution in [0.2, 0.25) is 0 Å². The molecule has 3 aromatic rings. The molecule has 7 nitrogen and oxygen atoms in total. The highest BCUT2D eigenvalue weighted by Gasteiger charge is 2.27. The van der Waals surface area contributed by atoms with Crippen LogP contribution in [-0.4, -0.2) is 45.2 Å². The predicted molar refractivity (Wildman–Crippen MR) is 123 cm³/mol. The van der Waals surface area contributed by atoms with E-state index in [0.29, 0.717) is 30.2 Å². The number of hydrogen-bond acceptors (Lipinski definition) is 6. The van der Waals surface area contributed by atoms with Crippen LogP contribution in [0.25, 0.3) is 5.57 Å². The standard InChI is InChI=1S/C24H22FN7/c1-31-23(26)17(19-9-4-5-11-27-19)14-29-24(31)21-13-22(20-10-6-12-28-20)32(30-21)15-16-7-2-3-8-18(16)25/h2-11,13-14,24H,12,15,26H2,1H3. The molecule has 0 saturated carbocycles. The van der Waals surface area contributed by atoms with Gasteiger partial charge in [-0.25, -0.2) is 4.39 Å². The number of nitrogens with zero attached hydrogens (tertiary/aromatic N) is 6. The zero-order valence-corrected chi connectivity index (χ0v) is 17.6. The molecular weight excluding hydrogens is 405 g/mol. The molecule has 5 rings (SSSR count). The fourth-order valence-electron chi connectivity index (χ4n) is 3.84. The molecule has 2 aliphatic rings. The molecule has 1 aromatic carbocycles. The molecule has 32 heavy (non-hydrogen) atoms. The SMILES string of the molecule is CN1C(N)=C(c2ccccn2)C=NC1c1cc(C2=NCC=C2)n(Cc2ccccc2F)n1. The lowest BCUT2D eigenvalue weighted by Gasteiger charge is -2.30. The average Bonchev–Trinajstić information content (AvgIpc) is 3.48. The fraction of sp³-hybridized carbons (Fsp3) is 0.167. The Bertz CT molecular complexity index is 1270. The molecule has 0 spiro atoms. The van der Waals surface area contributed by atoms with Crippen LogP contribution in [0.3, 0.4) is 0 Å². The van der Waals surface area contributed by atoms with Gasteiger partial charge in [-0.05, 0) is 30.3 Å². The Labute approximate surface area is 185 Å². The summed E-state index contributed by atoms with van der Waals surface area (Å²) >= 11 is 0. The Kier molecular flexibility index (Phi) is 5.10. The van der Waals surface area contributed by atoms with Crippen molar-refractivity contribution < 1.29 is 4.39 Å². The van der Waals surface area contributed by atoms with Gasteiger partial charge in [0, 0.05) is 25.0 Å². The van der Waals surface area contributed by atoms with Gasteiger partial charge in [0.05, 0.1) is 35.8 Å². The average molecular weight is 427 g/mol. The monoisotopic (exact) mass is 427 g/mol. The normalized spacial score (nSPS) is 17.9. The Morgan fingerprint density at radius 2 is 2.00 bits per heavy atom. The highest BCUT2D eigenvalue weighted by Crippen LogP contribution is 2.30. The van der Waals surface area contributed by atoms with E-state index in [9.17, 15) is 4.39 Å². The van der Waals surface area contributed by atoms with Gasteiger partial charge in [0.2, 0.25) is 0 Å². The van der Waals surface area contributed by atoms with Crippen LogP contribution in [0.5, 0.6) is 0 Å². The summed E-state index contributed by atoms with van der Waals surface area (Å²) in [5.41, 5.74) is 10.9. The first-order valence-electron chi connectivity index (χ1n) is 10.3. The van der Waals surface area contributed by atoms with Crippen LogP contribution in [0.4, 0.5) is 4.39 Å². The summed E-state index contributed by atoms with van der Waals surface area (Å²) in [6.45, 7) is 0.916. The Hall–Kier alpha value is -4.07. The largest absolute Gasteiger partial charge is 0.385 e. The summed E-state index contributed by atoms with van der Waals surface area (Å²) in [4.78, 5) is 15.5. The number of nitrogens with two attached hydrogens (primary N) is 1. The van der Waals surface area contributed by atoms with E-state index in [1.165, 1.54) is 6.07 Å². The minimum atomic E-state index is -0.408. The van der Waals surface area contributed by atoms with Gasteiger partial charge in [-0.2, -0.15) is 5.10 Å². The van der Waals surface area contributed by atoms with Crippen LogP contribution in [-0.2, 0) is 6.54 Å². The Morgan fingerprint density at radius 1 is 1.16 bits per heavy atom. The van der Waals surface area contributed by atoms with Gasteiger partial charge < -0.3 is 10.6 Å². The molecule has 160 valence electrons. The fourth-order valence-corrected chi connectivity index (χ4v) is 3.84.